The summed E-state index contributed by atoms with van der Waals surface area (Å²) in [4.78, 5) is 17.3. The predicted molar refractivity (Wildman–Crippen MR) is 153 cm³/mol. The fraction of sp³-hybridized carbons (Fsp3) is 0.312. The minimum atomic E-state index is 0.0262. The summed E-state index contributed by atoms with van der Waals surface area (Å²) in [6.45, 7) is 6.02. The molecule has 0 saturated heterocycles. The largest absolute Gasteiger partial charge is 0.497 e. The molecule has 0 aliphatic heterocycles. The normalized spacial score (nSPS) is 10.9. The van der Waals surface area contributed by atoms with Crippen molar-refractivity contribution in [2.75, 3.05) is 20.3 Å². The Hall–Kier alpha value is -4.06. The molecule has 3 aromatic carbocycles. The van der Waals surface area contributed by atoms with Crippen LogP contribution in [0, 0.1) is 0 Å². The van der Waals surface area contributed by atoms with Crippen molar-refractivity contribution in [2.24, 2.45) is 0 Å². The molecular weight excluding hydrogens is 474 g/mol. The quantitative estimate of drug-likeness (QED) is 0.159. The number of aromatic nitrogens is 2. The van der Waals surface area contributed by atoms with Crippen molar-refractivity contribution in [3.05, 3.63) is 102 Å². The molecular formula is C32H37N3O3. The molecule has 1 aromatic heterocycles. The predicted octanol–water partition coefficient (Wildman–Crippen LogP) is 5.92. The van der Waals surface area contributed by atoms with Gasteiger partial charge in [0.15, 0.2) is 0 Å². The van der Waals surface area contributed by atoms with E-state index in [0.29, 0.717) is 19.6 Å². The van der Waals surface area contributed by atoms with E-state index in [-0.39, 0.29) is 5.91 Å². The first kappa shape index (κ1) is 27.0. The first-order valence-electron chi connectivity index (χ1n) is 13.3. The minimum absolute atomic E-state index is 0.0262. The van der Waals surface area contributed by atoms with E-state index in [1.54, 1.807) is 7.11 Å². The number of hydrogen-bond donors (Lipinski definition) is 1. The molecule has 4 rings (SSSR count). The smallest absolute Gasteiger partial charge is 0.224 e. The maximum absolute atomic E-state index is 12.4. The zero-order chi connectivity index (χ0) is 26.6. The first-order chi connectivity index (χ1) is 18.7. The van der Waals surface area contributed by atoms with E-state index in [2.05, 4.69) is 40.7 Å². The van der Waals surface area contributed by atoms with Crippen molar-refractivity contribution < 1.29 is 14.3 Å². The molecule has 4 aromatic rings. The highest BCUT2D eigenvalue weighted by molar-refractivity contribution is 5.78. The Morgan fingerprint density at radius 2 is 1.79 bits per heavy atom. The number of unbranched alkanes of at least 4 members (excludes halogenated alkanes) is 1. The lowest BCUT2D eigenvalue weighted by atomic mass is 10.1. The summed E-state index contributed by atoms with van der Waals surface area (Å²) in [7, 11) is 1.64. The number of hydrogen-bond acceptors (Lipinski definition) is 4. The van der Waals surface area contributed by atoms with Gasteiger partial charge >= 0.3 is 0 Å². The molecule has 1 amide bonds. The Bertz CT molecular complexity index is 1330. The van der Waals surface area contributed by atoms with Crippen LogP contribution in [0.4, 0.5) is 0 Å². The van der Waals surface area contributed by atoms with Crippen LogP contribution in [0.2, 0.25) is 0 Å². The van der Waals surface area contributed by atoms with E-state index in [9.17, 15) is 4.79 Å². The van der Waals surface area contributed by atoms with Crippen molar-refractivity contribution in [3.8, 4) is 11.5 Å². The number of carbonyl (C=O) groups is 1. The maximum atomic E-state index is 12.4. The highest BCUT2D eigenvalue weighted by atomic mass is 16.5. The van der Waals surface area contributed by atoms with E-state index < -0.39 is 0 Å². The van der Waals surface area contributed by atoms with E-state index in [4.69, 9.17) is 14.5 Å². The van der Waals surface area contributed by atoms with Gasteiger partial charge in [-0.05, 0) is 67.1 Å². The van der Waals surface area contributed by atoms with Crippen LogP contribution < -0.4 is 14.8 Å². The van der Waals surface area contributed by atoms with Crippen LogP contribution in [0.15, 0.2) is 85.5 Å². The van der Waals surface area contributed by atoms with Gasteiger partial charge in [-0.25, -0.2) is 4.98 Å². The molecule has 0 spiro atoms. The fourth-order valence-corrected chi connectivity index (χ4v) is 4.55. The summed E-state index contributed by atoms with van der Waals surface area (Å²) in [6, 6.07) is 24.0. The summed E-state index contributed by atoms with van der Waals surface area (Å²) in [5.74, 6) is 2.82. The first-order valence-corrected chi connectivity index (χ1v) is 13.3. The van der Waals surface area contributed by atoms with E-state index >= 15 is 0 Å². The van der Waals surface area contributed by atoms with Crippen molar-refractivity contribution in [1.29, 1.82) is 0 Å². The number of allylic oxidation sites excluding steroid dienone is 1. The van der Waals surface area contributed by atoms with Crippen LogP contribution in [-0.2, 0) is 30.6 Å². The maximum Gasteiger partial charge on any atom is 0.224 e. The fourth-order valence-electron chi connectivity index (χ4n) is 4.55. The van der Waals surface area contributed by atoms with Gasteiger partial charge in [-0.1, -0.05) is 48.5 Å². The second kappa shape index (κ2) is 14.0. The molecule has 0 radical (unpaired) electrons. The Balaban J connectivity index is 1.25. The van der Waals surface area contributed by atoms with Gasteiger partial charge in [-0.3, -0.25) is 4.79 Å². The molecule has 198 valence electrons. The molecule has 0 atom stereocenters. The molecule has 0 bridgehead atoms. The molecule has 0 aliphatic carbocycles. The van der Waals surface area contributed by atoms with E-state index in [1.807, 2.05) is 54.6 Å². The summed E-state index contributed by atoms with van der Waals surface area (Å²) in [5.41, 5.74) is 4.31. The van der Waals surface area contributed by atoms with Gasteiger partial charge in [-0.2, -0.15) is 0 Å². The number of benzene rings is 3. The van der Waals surface area contributed by atoms with Gasteiger partial charge < -0.3 is 19.4 Å². The lowest BCUT2D eigenvalue weighted by Gasteiger charge is -2.12. The van der Waals surface area contributed by atoms with E-state index in [0.717, 1.165) is 72.6 Å². The molecule has 6 nitrogen and oxygen atoms in total. The zero-order valence-electron chi connectivity index (χ0n) is 22.2. The average molecular weight is 512 g/mol. The van der Waals surface area contributed by atoms with Crippen molar-refractivity contribution in [2.45, 2.75) is 45.1 Å². The topological polar surface area (TPSA) is 65.4 Å². The number of nitrogens with one attached hydrogen (secondary N) is 1. The lowest BCUT2D eigenvalue weighted by Crippen LogP contribution is -2.26. The number of amides is 1. The van der Waals surface area contributed by atoms with Crippen LogP contribution in [0.3, 0.4) is 0 Å². The van der Waals surface area contributed by atoms with Gasteiger partial charge in [0.05, 0.1) is 31.2 Å². The minimum Gasteiger partial charge on any atom is -0.497 e. The Kier molecular flexibility index (Phi) is 9.96. The molecule has 6 heteroatoms. The van der Waals surface area contributed by atoms with Gasteiger partial charge in [0, 0.05) is 19.5 Å². The molecule has 1 N–H and O–H groups in total. The van der Waals surface area contributed by atoms with Crippen LogP contribution >= 0.6 is 0 Å². The van der Waals surface area contributed by atoms with Crippen molar-refractivity contribution in [3.63, 3.8) is 0 Å². The van der Waals surface area contributed by atoms with Crippen LogP contribution in [0.1, 0.15) is 36.2 Å². The van der Waals surface area contributed by atoms with Crippen molar-refractivity contribution >= 4 is 16.9 Å². The molecule has 1 heterocycles. The molecule has 0 fully saturated rings. The van der Waals surface area contributed by atoms with Crippen LogP contribution in [-0.4, -0.2) is 35.7 Å². The van der Waals surface area contributed by atoms with E-state index in [1.165, 1.54) is 5.56 Å². The monoisotopic (exact) mass is 511 g/mol. The molecule has 0 unspecified atom stereocenters. The number of para-hydroxylation sites is 3. The highest BCUT2D eigenvalue weighted by Crippen LogP contribution is 2.20. The number of ether oxygens (including phenoxy) is 2. The van der Waals surface area contributed by atoms with Gasteiger partial charge in [0.25, 0.3) is 0 Å². The van der Waals surface area contributed by atoms with Crippen molar-refractivity contribution in [1.82, 2.24) is 14.9 Å². The lowest BCUT2D eigenvalue weighted by molar-refractivity contribution is -0.120. The Morgan fingerprint density at radius 3 is 2.61 bits per heavy atom. The summed E-state index contributed by atoms with van der Waals surface area (Å²) >= 11 is 0. The summed E-state index contributed by atoms with van der Waals surface area (Å²) < 4.78 is 13.6. The number of aryl methyl sites for hydroxylation is 2. The van der Waals surface area contributed by atoms with Crippen LogP contribution in [0.5, 0.6) is 11.5 Å². The number of imidazole rings is 1. The SMILES string of the molecule is C=CCc1ccccc1OCCCCn1c(CCCNC(=O)Cc2ccc(OC)cc2)nc2ccccc21. The third kappa shape index (κ3) is 7.48. The molecule has 38 heavy (non-hydrogen) atoms. The van der Waals surface area contributed by atoms with Gasteiger partial charge in [-0.15, -0.1) is 6.58 Å². The number of nitrogens with zero attached hydrogens (tertiary/aromatic N) is 2. The highest BCUT2D eigenvalue weighted by Gasteiger charge is 2.11. The number of rotatable bonds is 15. The Morgan fingerprint density at radius 1 is 1.00 bits per heavy atom. The zero-order valence-corrected chi connectivity index (χ0v) is 22.2. The number of carbonyl (C=O) groups excluding carboxylic acids is 1. The second-order valence-corrected chi connectivity index (χ2v) is 9.30. The van der Waals surface area contributed by atoms with Crippen LogP contribution in [0.25, 0.3) is 11.0 Å². The van der Waals surface area contributed by atoms with Gasteiger partial charge in [0.1, 0.15) is 17.3 Å². The third-order valence-corrected chi connectivity index (χ3v) is 6.53. The number of fused-ring (bicyclic) bond motifs is 1. The summed E-state index contributed by atoms with van der Waals surface area (Å²) in [5, 5.41) is 3.04. The number of methoxy groups -OCH3 is 1. The summed E-state index contributed by atoms with van der Waals surface area (Å²) in [6.07, 6.45) is 6.67. The Labute approximate surface area is 225 Å². The third-order valence-electron chi connectivity index (χ3n) is 6.53. The van der Waals surface area contributed by atoms with Gasteiger partial charge in [0.2, 0.25) is 5.91 Å². The standard InChI is InChI=1S/C32H37N3O3/c1-3-11-26-12-4-7-15-30(26)38-23-9-8-22-35-29-14-6-5-13-28(29)34-31(35)16-10-21-33-32(36)24-25-17-19-27(37-2)20-18-25/h3-7,12-15,17-20H,1,8-11,16,21-24H2,2H3,(H,33,36). The second-order valence-electron chi connectivity index (χ2n) is 9.30. The molecule has 0 aliphatic rings. The molecule has 0 saturated carbocycles. The average Bonchev–Trinajstić information content (AvgIpc) is 3.29.